The quantitative estimate of drug-likeness (QED) is 0.847. The van der Waals surface area contributed by atoms with Crippen molar-refractivity contribution in [2.75, 3.05) is 0 Å². The highest BCUT2D eigenvalue weighted by Gasteiger charge is 2.22. The van der Waals surface area contributed by atoms with Crippen molar-refractivity contribution in [2.45, 2.75) is 46.3 Å². The fourth-order valence-electron chi connectivity index (χ4n) is 2.50. The van der Waals surface area contributed by atoms with Crippen LogP contribution in [0.25, 0.3) is 11.5 Å². The van der Waals surface area contributed by atoms with Gasteiger partial charge in [0.2, 0.25) is 11.8 Å². The van der Waals surface area contributed by atoms with E-state index in [1.807, 2.05) is 27.7 Å². The van der Waals surface area contributed by atoms with Crippen LogP contribution >= 0.6 is 0 Å². The van der Waals surface area contributed by atoms with Gasteiger partial charge in [0.05, 0.1) is 0 Å². The van der Waals surface area contributed by atoms with Crippen molar-refractivity contribution < 1.29 is 13.6 Å². The number of hydrogen-bond donors (Lipinski definition) is 0. The van der Waals surface area contributed by atoms with Crippen LogP contribution < -0.4 is 5.76 Å². The maximum atomic E-state index is 12.9. The number of aromatic nitrogens is 2. The Morgan fingerprint density at radius 2 is 1.78 bits per heavy atom. The molecule has 0 saturated heterocycles. The van der Waals surface area contributed by atoms with Crippen LogP contribution in [0.5, 0.6) is 0 Å². The molecule has 0 atom stereocenters. The lowest BCUT2D eigenvalue weighted by atomic mass is 10.2. The maximum Gasteiger partial charge on any atom is 0.437 e. The Morgan fingerprint density at radius 1 is 1.22 bits per heavy atom. The number of hydrogen-bond acceptors (Lipinski definition) is 4. The van der Waals surface area contributed by atoms with Gasteiger partial charge >= 0.3 is 5.76 Å². The minimum Gasteiger partial charge on any atom is -0.388 e. The molecule has 1 aromatic carbocycles. The molecular weight excluding hydrogens is 301 g/mol. The van der Waals surface area contributed by atoms with E-state index in [0.29, 0.717) is 5.56 Å². The highest BCUT2D eigenvalue weighted by molar-refractivity contribution is 5.76. The molecule has 1 amide bonds. The van der Waals surface area contributed by atoms with Gasteiger partial charge in [0.1, 0.15) is 12.4 Å². The van der Waals surface area contributed by atoms with Gasteiger partial charge in [0, 0.05) is 17.6 Å². The van der Waals surface area contributed by atoms with Crippen molar-refractivity contribution >= 4 is 5.91 Å². The Bertz CT molecular complexity index is 724. The van der Waals surface area contributed by atoms with E-state index in [1.54, 1.807) is 4.90 Å². The second-order valence-electron chi connectivity index (χ2n) is 5.83. The summed E-state index contributed by atoms with van der Waals surface area (Å²) in [6.07, 6.45) is 0. The fourth-order valence-corrected chi connectivity index (χ4v) is 2.50. The standard InChI is InChI=1S/C16H20FN3O3/c1-10(2)20(11(3)4)14(21)9-19-16(22)23-15(18-19)12-5-7-13(17)8-6-12/h5-8,10-11H,9H2,1-4H3. The lowest BCUT2D eigenvalue weighted by Crippen LogP contribution is -2.44. The van der Waals surface area contributed by atoms with Gasteiger partial charge in [-0.2, -0.15) is 4.68 Å². The van der Waals surface area contributed by atoms with Gasteiger partial charge in [0.25, 0.3) is 0 Å². The van der Waals surface area contributed by atoms with Crippen molar-refractivity contribution in [1.29, 1.82) is 0 Å². The smallest absolute Gasteiger partial charge is 0.388 e. The Kier molecular flexibility index (Phi) is 4.98. The third-order valence-corrected chi connectivity index (χ3v) is 3.38. The van der Waals surface area contributed by atoms with Gasteiger partial charge in [-0.3, -0.25) is 4.79 Å². The molecule has 0 bridgehead atoms. The summed E-state index contributed by atoms with van der Waals surface area (Å²) in [6.45, 7) is 7.45. The first kappa shape index (κ1) is 16.9. The van der Waals surface area contributed by atoms with E-state index < -0.39 is 11.6 Å². The van der Waals surface area contributed by atoms with Crippen LogP contribution in [0, 0.1) is 5.82 Å². The predicted octanol–water partition coefficient (Wildman–Crippen LogP) is 2.29. The number of carbonyl (C=O) groups is 1. The SMILES string of the molecule is CC(C)N(C(=O)Cn1nc(-c2ccc(F)cc2)oc1=O)C(C)C. The first-order valence-corrected chi connectivity index (χ1v) is 7.44. The van der Waals surface area contributed by atoms with Gasteiger partial charge in [0.15, 0.2) is 0 Å². The van der Waals surface area contributed by atoms with E-state index in [0.717, 1.165) is 4.68 Å². The molecule has 0 radical (unpaired) electrons. The van der Waals surface area contributed by atoms with Crippen LogP contribution in [0.15, 0.2) is 33.5 Å². The average Bonchev–Trinajstić information content (AvgIpc) is 2.80. The molecule has 2 rings (SSSR count). The Morgan fingerprint density at radius 3 is 2.30 bits per heavy atom. The summed E-state index contributed by atoms with van der Waals surface area (Å²) < 4.78 is 19.0. The zero-order valence-corrected chi connectivity index (χ0v) is 13.6. The van der Waals surface area contributed by atoms with Crippen LogP contribution in [-0.2, 0) is 11.3 Å². The summed E-state index contributed by atoms with van der Waals surface area (Å²) in [5, 5.41) is 4.02. The number of benzene rings is 1. The fraction of sp³-hybridized carbons (Fsp3) is 0.438. The number of halogens is 1. The monoisotopic (exact) mass is 321 g/mol. The van der Waals surface area contributed by atoms with Crippen LogP contribution in [0.3, 0.4) is 0 Å². The summed E-state index contributed by atoms with van der Waals surface area (Å²) in [4.78, 5) is 25.9. The minimum atomic E-state index is -0.717. The molecule has 0 unspecified atom stereocenters. The summed E-state index contributed by atoms with van der Waals surface area (Å²) >= 11 is 0. The van der Waals surface area contributed by atoms with E-state index in [2.05, 4.69) is 5.10 Å². The van der Waals surface area contributed by atoms with Gasteiger partial charge in [-0.15, -0.1) is 5.10 Å². The van der Waals surface area contributed by atoms with Crippen molar-refractivity contribution in [1.82, 2.24) is 14.7 Å². The first-order chi connectivity index (χ1) is 10.8. The Labute approximate surface area is 133 Å². The third kappa shape index (κ3) is 3.85. The van der Waals surface area contributed by atoms with Crippen LogP contribution in [0.1, 0.15) is 27.7 Å². The van der Waals surface area contributed by atoms with E-state index in [9.17, 15) is 14.0 Å². The molecule has 0 aliphatic rings. The largest absolute Gasteiger partial charge is 0.437 e. The molecule has 1 aromatic heterocycles. The summed E-state index contributed by atoms with van der Waals surface area (Å²) in [6, 6.07) is 5.45. The minimum absolute atomic E-state index is 0.0154. The molecule has 0 fully saturated rings. The molecule has 0 saturated carbocycles. The summed E-state index contributed by atoms with van der Waals surface area (Å²) in [5.41, 5.74) is 0.472. The molecule has 7 heteroatoms. The molecule has 0 N–H and O–H groups in total. The predicted molar refractivity (Wildman–Crippen MR) is 83.3 cm³/mol. The van der Waals surface area contributed by atoms with E-state index in [4.69, 9.17) is 4.42 Å². The zero-order chi connectivity index (χ0) is 17.1. The molecule has 2 aromatic rings. The second kappa shape index (κ2) is 6.76. The number of amides is 1. The Hall–Kier alpha value is -2.44. The Balaban J connectivity index is 2.23. The van der Waals surface area contributed by atoms with Gasteiger partial charge < -0.3 is 9.32 Å². The highest BCUT2D eigenvalue weighted by atomic mass is 19.1. The molecule has 0 aliphatic heterocycles. The lowest BCUT2D eigenvalue weighted by Gasteiger charge is -2.30. The van der Waals surface area contributed by atoms with Gasteiger partial charge in [-0.05, 0) is 52.0 Å². The number of rotatable bonds is 5. The van der Waals surface area contributed by atoms with Crippen molar-refractivity contribution in [3.05, 3.63) is 40.6 Å². The van der Waals surface area contributed by atoms with Crippen LogP contribution in [0.2, 0.25) is 0 Å². The first-order valence-electron chi connectivity index (χ1n) is 7.44. The molecule has 0 aliphatic carbocycles. The van der Waals surface area contributed by atoms with Gasteiger partial charge in [-0.25, -0.2) is 9.18 Å². The van der Waals surface area contributed by atoms with E-state index in [-0.39, 0.29) is 30.4 Å². The highest BCUT2D eigenvalue weighted by Crippen LogP contribution is 2.15. The molecule has 6 nitrogen and oxygen atoms in total. The normalized spacial score (nSPS) is 11.3. The topological polar surface area (TPSA) is 68.3 Å². The summed E-state index contributed by atoms with van der Waals surface area (Å²) in [7, 11) is 0. The van der Waals surface area contributed by atoms with E-state index in [1.165, 1.54) is 24.3 Å². The van der Waals surface area contributed by atoms with Crippen molar-refractivity contribution in [2.24, 2.45) is 0 Å². The number of carbonyl (C=O) groups excluding carboxylic acids is 1. The maximum absolute atomic E-state index is 12.9. The van der Waals surface area contributed by atoms with Crippen molar-refractivity contribution in [3.63, 3.8) is 0 Å². The van der Waals surface area contributed by atoms with Gasteiger partial charge in [-0.1, -0.05) is 0 Å². The molecule has 124 valence electrons. The van der Waals surface area contributed by atoms with Crippen LogP contribution in [0.4, 0.5) is 4.39 Å². The second-order valence-corrected chi connectivity index (χ2v) is 5.83. The van der Waals surface area contributed by atoms with E-state index >= 15 is 0 Å². The number of nitrogens with zero attached hydrogens (tertiary/aromatic N) is 3. The van der Waals surface area contributed by atoms with Crippen LogP contribution in [-0.4, -0.2) is 32.7 Å². The third-order valence-electron chi connectivity index (χ3n) is 3.38. The zero-order valence-electron chi connectivity index (χ0n) is 13.6. The van der Waals surface area contributed by atoms with Crippen molar-refractivity contribution in [3.8, 4) is 11.5 Å². The molecule has 0 spiro atoms. The molecule has 1 heterocycles. The lowest BCUT2D eigenvalue weighted by molar-refractivity contribution is -0.135. The molecule has 23 heavy (non-hydrogen) atoms. The summed E-state index contributed by atoms with van der Waals surface area (Å²) in [5.74, 6) is -1.26. The molecular formula is C16H20FN3O3. The average molecular weight is 321 g/mol.